The van der Waals surface area contributed by atoms with Gasteiger partial charge in [-0.3, -0.25) is 19.2 Å². The molecule has 0 aliphatic carbocycles. The highest BCUT2D eigenvalue weighted by Gasteiger charge is 2.38. The third-order valence-electron chi connectivity index (χ3n) is 7.74. The summed E-state index contributed by atoms with van der Waals surface area (Å²) < 4.78 is 0. The summed E-state index contributed by atoms with van der Waals surface area (Å²) in [6.07, 6.45) is 3.09. The number of benzene rings is 2. The molecule has 0 spiro atoms. The number of nitrogens with zero attached hydrogens (tertiary/aromatic N) is 2. The van der Waals surface area contributed by atoms with Gasteiger partial charge in [0.05, 0.1) is 5.54 Å². The lowest BCUT2D eigenvalue weighted by atomic mass is 9.99. The zero-order valence-corrected chi connectivity index (χ0v) is 25.8. The van der Waals surface area contributed by atoms with Crippen molar-refractivity contribution in [2.24, 2.45) is 11.7 Å². The highest BCUT2D eigenvalue weighted by Crippen LogP contribution is 2.23. The molecule has 0 aromatic heterocycles. The lowest BCUT2D eigenvalue weighted by Gasteiger charge is -2.30. The van der Waals surface area contributed by atoms with Crippen molar-refractivity contribution in [1.82, 2.24) is 20.4 Å². The van der Waals surface area contributed by atoms with Crippen molar-refractivity contribution in [3.63, 3.8) is 0 Å². The van der Waals surface area contributed by atoms with E-state index in [1.54, 1.807) is 25.8 Å². The molecule has 1 heterocycles. The fraction of sp³-hybridized carbons (Fsp3) is 0.548. The first kappa shape index (κ1) is 34.0. The highest BCUT2D eigenvalue weighted by atomic mass is 35.5. The summed E-state index contributed by atoms with van der Waals surface area (Å²) in [6, 6.07) is 12.6. The third kappa shape index (κ3) is 8.91. The second kappa shape index (κ2) is 15.2. The van der Waals surface area contributed by atoms with E-state index in [1.165, 1.54) is 4.90 Å². The number of carbonyl (C=O) groups excluding carboxylic acids is 4. The molecule has 1 unspecified atom stereocenters. The molecule has 4 N–H and O–H groups in total. The molecule has 1 saturated heterocycles. The topological polar surface area (TPSA) is 125 Å². The van der Waals surface area contributed by atoms with Crippen LogP contribution >= 0.6 is 12.4 Å². The first-order valence-electron chi connectivity index (χ1n) is 14.4. The van der Waals surface area contributed by atoms with Crippen molar-refractivity contribution < 1.29 is 19.2 Å². The largest absolute Gasteiger partial charge is 0.353 e. The molecule has 0 radical (unpaired) electrons. The van der Waals surface area contributed by atoms with Crippen LogP contribution < -0.4 is 16.4 Å². The standard InChI is InChI=1S/C31H45N5O4.ClH/c1-6-22(7-2)28(38)36-17-10-13-26(36)27(37)34-25(20-21-14-15-23-11-8-9-12-24(23)19-21)29(39)35(5)18-16-33-30(40)31(3,4)32;/h8-9,11-12,14-15,19,22,25-26H,6-7,10,13,16-18,20,32H2,1-5H3,(H,33,40)(H,34,37);1H/t25-,26?;/m1./s1. The Kier molecular flexibility index (Phi) is 12.6. The van der Waals surface area contributed by atoms with Gasteiger partial charge in [-0.2, -0.15) is 0 Å². The van der Waals surface area contributed by atoms with Gasteiger partial charge in [0.25, 0.3) is 0 Å². The molecule has 2 aromatic rings. The number of carbonyl (C=O) groups is 4. The van der Waals surface area contributed by atoms with Gasteiger partial charge in [0.1, 0.15) is 12.1 Å². The minimum atomic E-state index is -1.02. The number of nitrogens with two attached hydrogens (primary N) is 1. The minimum absolute atomic E-state index is 0. The summed E-state index contributed by atoms with van der Waals surface area (Å²) in [5.41, 5.74) is 5.74. The Morgan fingerprint density at radius 2 is 1.73 bits per heavy atom. The number of amides is 4. The number of likely N-dealkylation sites (tertiary alicyclic amines) is 1. The van der Waals surface area contributed by atoms with E-state index in [1.807, 2.05) is 56.3 Å². The van der Waals surface area contributed by atoms with Crippen LogP contribution in [0.2, 0.25) is 0 Å². The fourth-order valence-corrected chi connectivity index (χ4v) is 5.19. The van der Waals surface area contributed by atoms with Gasteiger partial charge in [0.15, 0.2) is 0 Å². The molecule has 1 aliphatic heterocycles. The number of fused-ring (bicyclic) bond motifs is 1. The van der Waals surface area contributed by atoms with Gasteiger partial charge < -0.3 is 26.2 Å². The molecule has 4 amide bonds. The molecular weight excluding hydrogens is 542 g/mol. The zero-order chi connectivity index (χ0) is 29.4. The Bertz CT molecular complexity index is 1210. The third-order valence-corrected chi connectivity index (χ3v) is 7.74. The van der Waals surface area contributed by atoms with Gasteiger partial charge in [0, 0.05) is 39.0 Å². The first-order chi connectivity index (χ1) is 19.0. The molecule has 41 heavy (non-hydrogen) atoms. The molecule has 0 saturated carbocycles. The second-order valence-electron chi connectivity index (χ2n) is 11.4. The molecule has 226 valence electrons. The minimum Gasteiger partial charge on any atom is -0.353 e. The Morgan fingerprint density at radius 3 is 2.37 bits per heavy atom. The number of likely N-dealkylation sites (N-methyl/N-ethyl adjacent to an activating group) is 1. The number of hydrogen-bond acceptors (Lipinski definition) is 5. The fourth-order valence-electron chi connectivity index (χ4n) is 5.19. The van der Waals surface area contributed by atoms with Crippen molar-refractivity contribution in [2.45, 2.75) is 77.4 Å². The molecular formula is C31H46ClN5O4. The van der Waals surface area contributed by atoms with E-state index >= 15 is 0 Å². The second-order valence-corrected chi connectivity index (χ2v) is 11.4. The summed E-state index contributed by atoms with van der Waals surface area (Å²) in [7, 11) is 1.65. The van der Waals surface area contributed by atoms with Gasteiger partial charge in [-0.15, -0.1) is 12.4 Å². The molecule has 1 fully saturated rings. The van der Waals surface area contributed by atoms with Crippen molar-refractivity contribution in [3.8, 4) is 0 Å². The molecule has 1 aliphatic rings. The van der Waals surface area contributed by atoms with Crippen molar-refractivity contribution >= 4 is 46.8 Å². The van der Waals surface area contributed by atoms with E-state index < -0.39 is 17.6 Å². The van der Waals surface area contributed by atoms with Gasteiger partial charge in [-0.05, 0) is 55.9 Å². The summed E-state index contributed by atoms with van der Waals surface area (Å²) >= 11 is 0. The van der Waals surface area contributed by atoms with Gasteiger partial charge in [-0.25, -0.2) is 0 Å². The summed E-state index contributed by atoms with van der Waals surface area (Å²) in [5.74, 6) is -0.974. The monoisotopic (exact) mass is 587 g/mol. The lowest BCUT2D eigenvalue weighted by molar-refractivity contribution is -0.143. The molecule has 9 nitrogen and oxygen atoms in total. The van der Waals surface area contributed by atoms with Crippen molar-refractivity contribution in [1.29, 1.82) is 0 Å². The smallest absolute Gasteiger partial charge is 0.245 e. The lowest BCUT2D eigenvalue weighted by Crippen LogP contribution is -2.55. The van der Waals surface area contributed by atoms with Crippen LogP contribution in [0.5, 0.6) is 0 Å². The van der Waals surface area contributed by atoms with E-state index in [2.05, 4.69) is 10.6 Å². The molecule has 0 bridgehead atoms. The maximum Gasteiger partial charge on any atom is 0.245 e. The number of rotatable bonds is 12. The van der Waals surface area contributed by atoms with Crippen LogP contribution in [0.25, 0.3) is 10.8 Å². The average Bonchev–Trinajstić information content (AvgIpc) is 3.42. The Hall–Kier alpha value is -3.17. The van der Waals surface area contributed by atoms with Crippen LogP contribution in [0.4, 0.5) is 0 Å². The van der Waals surface area contributed by atoms with E-state index in [0.29, 0.717) is 19.4 Å². The number of halogens is 1. The van der Waals surface area contributed by atoms with Crippen LogP contribution in [0.15, 0.2) is 42.5 Å². The highest BCUT2D eigenvalue weighted by molar-refractivity contribution is 5.93. The van der Waals surface area contributed by atoms with Crippen molar-refractivity contribution in [3.05, 3.63) is 48.0 Å². The van der Waals surface area contributed by atoms with Gasteiger partial charge >= 0.3 is 0 Å². The van der Waals surface area contributed by atoms with E-state index in [4.69, 9.17) is 5.73 Å². The zero-order valence-electron chi connectivity index (χ0n) is 24.9. The van der Waals surface area contributed by atoms with Gasteiger partial charge in [-0.1, -0.05) is 56.3 Å². The number of nitrogens with one attached hydrogen (secondary N) is 2. The van der Waals surface area contributed by atoms with E-state index in [9.17, 15) is 19.2 Å². The molecule has 2 aromatic carbocycles. The van der Waals surface area contributed by atoms with Crippen LogP contribution in [0.3, 0.4) is 0 Å². The summed E-state index contributed by atoms with van der Waals surface area (Å²) in [4.78, 5) is 55.7. The van der Waals surface area contributed by atoms with Crippen LogP contribution in [-0.4, -0.2) is 77.7 Å². The Balaban J connectivity index is 0.00000588. The summed E-state index contributed by atoms with van der Waals surface area (Å²) in [6.45, 7) is 8.25. The maximum atomic E-state index is 13.6. The SMILES string of the molecule is CCC(CC)C(=O)N1CCCC1C(=O)N[C@H](Cc1ccc2ccccc2c1)C(=O)N(C)CCNC(=O)C(C)(C)N.Cl. The normalized spacial score (nSPS) is 15.8. The van der Waals surface area contributed by atoms with E-state index in [0.717, 1.165) is 35.6 Å². The molecule has 3 rings (SSSR count). The van der Waals surface area contributed by atoms with Crippen molar-refractivity contribution in [2.75, 3.05) is 26.7 Å². The number of hydrogen-bond donors (Lipinski definition) is 3. The predicted octanol–water partition coefficient (Wildman–Crippen LogP) is 3.03. The predicted molar refractivity (Wildman–Crippen MR) is 165 cm³/mol. The van der Waals surface area contributed by atoms with Crippen LogP contribution in [0, 0.1) is 5.92 Å². The maximum absolute atomic E-state index is 13.6. The van der Waals surface area contributed by atoms with E-state index in [-0.39, 0.29) is 55.0 Å². The first-order valence-corrected chi connectivity index (χ1v) is 14.4. The van der Waals surface area contributed by atoms with Gasteiger partial charge in [0.2, 0.25) is 23.6 Å². The average molecular weight is 588 g/mol. The van der Waals surface area contributed by atoms with Crippen LogP contribution in [0.1, 0.15) is 58.9 Å². The summed E-state index contributed by atoms with van der Waals surface area (Å²) in [5, 5.41) is 7.89. The Labute approximate surface area is 250 Å². The molecule has 10 heteroatoms. The molecule has 2 atom stereocenters. The Morgan fingerprint density at radius 1 is 1.07 bits per heavy atom. The quantitative estimate of drug-likeness (QED) is 0.352. The van der Waals surface area contributed by atoms with Crippen LogP contribution in [-0.2, 0) is 25.6 Å².